The van der Waals surface area contributed by atoms with E-state index in [1.54, 1.807) is 12.4 Å². The van der Waals surface area contributed by atoms with Gasteiger partial charge in [0.2, 0.25) is 0 Å². The predicted molar refractivity (Wildman–Crippen MR) is 88.2 cm³/mol. The summed E-state index contributed by atoms with van der Waals surface area (Å²) < 4.78 is 3.81. The summed E-state index contributed by atoms with van der Waals surface area (Å²) in [4.78, 5) is 12.1. The van der Waals surface area contributed by atoms with Gasteiger partial charge in [-0.1, -0.05) is 12.8 Å². The average Bonchev–Trinajstić information content (AvgIpc) is 3.27. The second-order valence-electron chi connectivity index (χ2n) is 6.10. The van der Waals surface area contributed by atoms with E-state index >= 15 is 0 Å². The van der Waals surface area contributed by atoms with Crippen molar-refractivity contribution in [1.82, 2.24) is 24.9 Å². The zero-order chi connectivity index (χ0) is 16.2. The summed E-state index contributed by atoms with van der Waals surface area (Å²) in [6, 6.07) is 0.153. The Morgan fingerprint density at radius 2 is 2.09 bits per heavy atom. The molecule has 2 N–H and O–H groups in total. The number of carbonyl (C=O) groups is 1. The monoisotopic (exact) mass is 316 g/mol. The summed E-state index contributed by atoms with van der Waals surface area (Å²) in [5.74, 6) is 0. The second-order valence-corrected chi connectivity index (χ2v) is 6.10. The first-order valence-corrected chi connectivity index (χ1v) is 8.29. The summed E-state index contributed by atoms with van der Waals surface area (Å²) >= 11 is 0. The highest BCUT2D eigenvalue weighted by atomic mass is 16.2. The van der Waals surface area contributed by atoms with Gasteiger partial charge >= 0.3 is 6.03 Å². The molecule has 0 saturated heterocycles. The third-order valence-corrected chi connectivity index (χ3v) is 4.38. The first kappa shape index (κ1) is 15.6. The summed E-state index contributed by atoms with van der Waals surface area (Å²) in [6.45, 7) is 4.79. The molecule has 124 valence electrons. The Kier molecular flexibility index (Phi) is 4.64. The third kappa shape index (κ3) is 3.72. The number of urea groups is 1. The molecule has 7 heteroatoms. The molecule has 1 fully saturated rings. The first-order valence-electron chi connectivity index (χ1n) is 8.29. The van der Waals surface area contributed by atoms with E-state index in [1.165, 1.54) is 25.7 Å². The van der Waals surface area contributed by atoms with Crippen LogP contribution in [0.5, 0.6) is 0 Å². The maximum atomic E-state index is 12.1. The molecule has 23 heavy (non-hydrogen) atoms. The Balaban J connectivity index is 1.54. The Bertz CT molecular complexity index is 655. The number of hydrogen-bond donors (Lipinski definition) is 2. The van der Waals surface area contributed by atoms with E-state index in [4.69, 9.17) is 0 Å². The van der Waals surface area contributed by atoms with Crippen molar-refractivity contribution >= 4 is 11.7 Å². The summed E-state index contributed by atoms with van der Waals surface area (Å²) in [7, 11) is 0. The molecule has 0 aliphatic heterocycles. The van der Waals surface area contributed by atoms with E-state index in [9.17, 15) is 4.79 Å². The zero-order valence-corrected chi connectivity index (χ0v) is 13.7. The molecule has 1 unspecified atom stereocenters. The molecule has 0 spiro atoms. The number of aromatic nitrogens is 4. The van der Waals surface area contributed by atoms with Crippen molar-refractivity contribution in [2.75, 3.05) is 5.32 Å². The maximum absolute atomic E-state index is 12.1. The number of aryl methyl sites for hydroxylation is 1. The molecule has 2 aromatic rings. The van der Waals surface area contributed by atoms with E-state index in [0.717, 1.165) is 17.8 Å². The molecule has 1 atom stereocenters. The van der Waals surface area contributed by atoms with E-state index < -0.39 is 0 Å². The highest BCUT2D eigenvalue weighted by molar-refractivity contribution is 5.89. The average molecular weight is 316 g/mol. The lowest BCUT2D eigenvalue weighted by molar-refractivity contribution is 0.249. The highest BCUT2D eigenvalue weighted by Crippen LogP contribution is 2.29. The molecule has 0 bridgehead atoms. The lowest BCUT2D eigenvalue weighted by atomic mass is 10.2. The van der Waals surface area contributed by atoms with Crippen LogP contribution in [0.15, 0.2) is 24.8 Å². The molecule has 7 nitrogen and oxygen atoms in total. The number of carbonyl (C=O) groups excluding carboxylic acids is 1. The number of hydrogen-bond acceptors (Lipinski definition) is 3. The summed E-state index contributed by atoms with van der Waals surface area (Å²) in [5, 5.41) is 14.4. The van der Waals surface area contributed by atoms with Gasteiger partial charge in [-0.05, 0) is 26.7 Å². The van der Waals surface area contributed by atoms with Crippen LogP contribution in [0.25, 0.3) is 0 Å². The van der Waals surface area contributed by atoms with Crippen LogP contribution in [0.1, 0.15) is 57.2 Å². The van der Waals surface area contributed by atoms with Gasteiger partial charge in [-0.2, -0.15) is 10.2 Å². The van der Waals surface area contributed by atoms with Gasteiger partial charge in [-0.25, -0.2) is 4.79 Å². The number of nitrogens with one attached hydrogen (secondary N) is 2. The largest absolute Gasteiger partial charge is 0.331 e. The normalized spacial score (nSPS) is 16.4. The van der Waals surface area contributed by atoms with Crippen LogP contribution in [-0.4, -0.2) is 25.6 Å². The van der Waals surface area contributed by atoms with Gasteiger partial charge in [0.1, 0.15) is 0 Å². The van der Waals surface area contributed by atoms with E-state index in [-0.39, 0.29) is 12.1 Å². The topological polar surface area (TPSA) is 76.8 Å². The van der Waals surface area contributed by atoms with Gasteiger partial charge in [0.05, 0.1) is 30.2 Å². The van der Waals surface area contributed by atoms with Gasteiger partial charge in [0, 0.05) is 24.5 Å². The summed E-state index contributed by atoms with van der Waals surface area (Å²) in [6.07, 6.45) is 12.2. The highest BCUT2D eigenvalue weighted by Gasteiger charge is 2.18. The quantitative estimate of drug-likeness (QED) is 0.890. The van der Waals surface area contributed by atoms with Gasteiger partial charge in [0.15, 0.2) is 0 Å². The molecule has 2 amide bonds. The number of rotatable bonds is 5. The number of nitrogens with zero attached hydrogens (tertiary/aromatic N) is 4. The first-order chi connectivity index (χ1) is 11.2. The third-order valence-electron chi connectivity index (χ3n) is 4.38. The van der Waals surface area contributed by atoms with Gasteiger partial charge in [-0.15, -0.1) is 0 Å². The van der Waals surface area contributed by atoms with Crippen LogP contribution in [0.4, 0.5) is 10.5 Å². The van der Waals surface area contributed by atoms with Crippen molar-refractivity contribution in [3.8, 4) is 0 Å². The fourth-order valence-electron chi connectivity index (χ4n) is 2.99. The minimum absolute atomic E-state index is 0.0971. The van der Waals surface area contributed by atoms with Crippen LogP contribution >= 0.6 is 0 Å². The van der Waals surface area contributed by atoms with Gasteiger partial charge < -0.3 is 10.6 Å². The van der Waals surface area contributed by atoms with E-state index in [1.807, 2.05) is 35.6 Å². The van der Waals surface area contributed by atoms with E-state index in [0.29, 0.717) is 6.04 Å². The lowest BCUT2D eigenvalue weighted by Crippen LogP contribution is -2.30. The molecule has 0 aromatic carbocycles. The van der Waals surface area contributed by atoms with Crippen molar-refractivity contribution in [3.63, 3.8) is 0 Å². The molecule has 2 aromatic heterocycles. The van der Waals surface area contributed by atoms with Crippen molar-refractivity contribution < 1.29 is 4.79 Å². The van der Waals surface area contributed by atoms with Crippen LogP contribution < -0.4 is 10.6 Å². The van der Waals surface area contributed by atoms with Crippen molar-refractivity contribution in [1.29, 1.82) is 0 Å². The fourth-order valence-corrected chi connectivity index (χ4v) is 2.99. The summed E-state index contributed by atoms with van der Waals surface area (Å²) in [5.41, 5.74) is 1.72. The molecule has 2 heterocycles. The van der Waals surface area contributed by atoms with Crippen molar-refractivity contribution in [3.05, 3.63) is 30.4 Å². The van der Waals surface area contributed by atoms with Crippen LogP contribution in [-0.2, 0) is 6.54 Å². The van der Waals surface area contributed by atoms with Crippen LogP contribution in [0.2, 0.25) is 0 Å². The van der Waals surface area contributed by atoms with E-state index in [2.05, 4.69) is 20.8 Å². The molecular formula is C16H24N6O. The van der Waals surface area contributed by atoms with Crippen molar-refractivity contribution in [2.45, 2.75) is 58.2 Å². The molecular weight excluding hydrogens is 292 g/mol. The van der Waals surface area contributed by atoms with Gasteiger partial charge in [0.25, 0.3) is 0 Å². The molecule has 1 saturated carbocycles. The number of amides is 2. The van der Waals surface area contributed by atoms with Crippen molar-refractivity contribution in [2.24, 2.45) is 0 Å². The Hall–Kier alpha value is -2.31. The van der Waals surface area contributed by atoms with Crippen LogP contribution in [0.3, 0.4) is 0 Å². The minimum Gasteiger partial charge on any atom is -0.331 e. The molecule has 0 radical (unpaired) electrons. The van der Waals surface area contributed by atoms with Gasteiger partial charge in [-0.3, -0.25) is 9.36 Å². The Morgan fingerprint density at radius 1 is 1.30 bits per heavy atom. The standard InChI is InChI=1S/C16H24N6O/c1-3-21-10-13(8-17-21)12(2)19-16(23)20-14-9-18-22(11-14)15-6-4-5-7-15/h8-12,15H,3-7H2,1-2H3,(H2,19,20,23). The Labute approximate surface area is 136 Å². The zero-order valence-electron chi connectivity index (χ0n) is 13.7. The Morgan fingerprint density at radius 3 is 2.78 bits per heavy atom. The second kappa shape index (κ2) is 6.85. The lowest BCUT2D eigenvalue weighted by Gasteiger charge is -2.12. The predicted octanol–water partition coefficient (Wildman–Crippen LogP) is 3.10. The SMILES string of the molecule is CCn1cc(C(C)NC(=O)Nc2cnn(C3CCCC3)c2)cn1. The maximum Gasteiger partial charge on any atom is 0.319 e. The minimum atomic E-state index is -0.229. The fraction of sp³-hybridized carbons (Fsp3) is 0.562. The number of anilines is 1. The molecule has 3 rings (SSSR count). The molecule has 1 aliphatic carbocycles. The smallest absolute Gasteiger partial charge is 0.319 e. The van der Waals surface area contributed by atoms with Crippen LogP contribution in [0, 0.1) is 0 Å². The molecule has 1 aliphatic rings.